The first kappa shape index (κ1) is 43.8. The third kappa shape index (κ3) is 6.18. The molecule has 26 nitrogen and oxygen atoms in total. The molecule has 1 saturated heterocycles. The van der Waals surface area contributed by atoms with Crippen LogP contribution in [0.3, 0.4) is 0 Å². The van der Waals surface area contributed by atoms with Gasteiger partial charge in [0.2, 0.25) is 28.8 Å². The molecule has 4 heterocycles. The second-order valence-corrected chi connectivity index (χ2v) is 15.1. The van der Waals surface area contributed by atoms with E-state index in [2.05, 4.69) is 0 Å². The maximum atomic E-state index is 14.4. The zero-order valence-corrected chi connectivity index (χ0v) is 32.0. The van der Waals surface area contributed by atoms with Crippen molar-refractivity contribution in [3.8, 4) is 91.2 Å². The van der Waals surface area contributed by atoms with E-state index in [-0.39, 0.29) is 0 Å². The standard InChI is InChI=1S/C39H32O26/c40-5-39(60)34(55)29(54)31(65-39)19-17-18-16(26(51)28(53)27(17)52)15-8(3-11(43)22(47)25(15)50)37(58)64-33(32(19)63-38(18)59)30-12(44)4-61-35(56)6-1-9(41)20(45)23(48)13(6)14-7(36(57)62-30)2-10(42)21(46)24(14)49/h1-3,12,19,29-34,40-55,60H,4-5H2/t12-,19-,29-,30+,31-,32-,33?,34+,39+/m1/s1. The summed E-state index contributed by atoms with van der Waals surface area (Å²) in [6.45, 7) is -2.91. The Labute approximate surface area is 358 Å². The van der Waals surface area contributed by atoms with Crippen molar-refractivity contribution < 1.29 is 130 Å². The lowest BCUT2D eigenvalue weighted by atomic mass is 9.74. The van der Waals surface area contributed by atoms with Crippen LogP contribution in [0.1, 0.15) is 52.9 Å². The van der Waals surface area contributed by atoms with E-state index < -0.39 is 211 Å². The topological polar surface area (TPSA) is 458 Å². The van der Waals surface area contributed by atoms with E-state index >= 15 is 0 Å². The number of fused-ring (bicyclic) bond motifs is 7. The third-order valence-corrected chi connectivity index (χ3v) is 11.5. The van der Waals surface area contributed by atoms with Crippen molar-refractivity contribution in [3.05, 3.63) is 46.0 Å². The maximum absolute atomic E-state index is 14.4. The molecule has 4 aliphatic heterocycles. The van der Waals surface area contributed by atoms with E-state index in [9.17, 15) is 106 Å². The van der Waals surface area contributed by atoms with Gasteiger partial charge in [-0.1, -0.05) is 0 Å². The van der Waals surface area contributed by atoms with Crippen LogP contribution in [0.4, 0.5) is 0 Å². The van der Waals surface area contributed by atoms with E-state index in [1.165, 1.54) is 0 Å². The minimum absolute atomic E-state index is 0.356. The van der Waals surface area contributed by atoms with Crippen LogP contribution >= 0.6 is 0 Å². The molecule has 0 radical (unpaired) electrons. The third-order valence-electron chi connectivity index (χ3n) is 11.5. The minimum atomic E-state index is -3.11. The van der Waals surface area contributed by atoms with Crippen LogP contribution in [0.15, 0.2) is 18.2 Å². The number of benzene rings is 4. The SMILES string of the molecule is O=C1OC[C@@H](O)[C@@H](C2OC(=O)c3cc(O)c(O)c(O)c3-c3c(O)c(O)c(O)c4c3C(=O)O[C@@H]2[C@H]4[C@H]2O[C@@](O)(CO)[C@@H](O)[C@@H]2O)OC(=O)c2cc(O)c(O)c(O)c2-c2c1cc(O)c(O)c2O. The minimum Gasteiger partial charge on any atom is -0.504 e. The normalized spacial score (nSPS) is 27.3. The van der Waals surface area contributed by atoms with E-state index in [1.54, 1.807) is 0 Å². The van der Waals surface area contributed by atoms with Gasteiger partial charge in [-0.05, 0) is 18.2 Å². The number of cyclic esters (lactones) is 3. The Morgan fingerprint density at radius 1 is 0.492 bits per heavy atom. The van der Waals surface area contributed by atoms with Crippen molar-refractivity contribution >= 4 is 23.9 Å². The van der Waals surface area contributed by atoms with Crippen molar-refractivity contribution in [2.75, 3.05) is 13.2 Å². The molecule has 17 N–H and O–H groups in total. The summed E-state index contributed by atoms with van der Waals surface area (Å²) in [6, 6.07) is 1.20. The van der Waals surface area contributed by atoms with Crippen LogP contribution in [-0.4, -0.2) is 172 Å². The van der Waals surface area contributed by atoms with Crippen molar-refractivity contribution in [1.29, 1.82) is 0 Å². The Kier molecular flexibility index (Phi) is 10.0. The molecule has 0 aromatic heterocycles. The first-order valence-electron chi connectivity index (χ1n) is 18.5. The first-order chi connectivity index (χ1) is 30.5. The highest BCUT2D eigenvalue weighted by molar-refractivity contribution is 6.11. The molecule has 0 spiro atoms. The molecule has 4 aliphatic rings. The largest absolute Gasteiger partial charge is 0.504 e. The van der Waals surface area contributed by atoms with Crippen molar-refractivity contribution in [2.24, 2.45) is 0 Å². The molecule has 1 unspecified atom stereocenters. The van der Waals surface area contributed by atoms with Crippen molar-refractivity contribution in [1.82, 2.24) is 0 Å². The summed E-state index contributed by atoms with van der Waals surface area (Å²) >= 11 is 0. The van der Waals surface area contributed by atoms with E-state index in [0.29, 0.717) is 18.2 Å². The Morgan fingerprint density at radius 3 is 1.40 bits per heavy atom. The Hall–Kier alpha value is -7.88. The van der Waals surface area contributed by atoms with E-state index in [1.807, 2.05) is 0 Å². The van der Waals surface area contributed by atoms with Crippen molar-refractivity contribution in [3.63, 3.8) is 0 Å². The fourth-order valence-electron chi connectivity index (χ4n) is 8.36. The van der Waals surface area contributed by atoms with Crippen LogP contribution in [0.25, 0.3) is 22.3 Å². The fraction of sp³-hybridized carbons (Fsp3) is 0.282. The number of esters is 4. The van der Waals surface area contributed by atoms with Gasteiger partial charge < -0.3 is 110 Å². The summed E-state index contributed by atoms with van der Waals surface area (Å²) in [7, 11) is 0. The molecule has 0 amide bonds. The van der Waals surface area contributed by atoms with E-state index in [0.717, 1.165) is 0 Å². The summed E-state index contributed by atoms with van der Waals surface area (Å²) in [5, 5.41) is 185. The van der Waals surface area contributed by atoms with Crippen molar-refractivity contribution in [2.45, 2.75) is 54.4 Å². The fourth-order valence-corrected chi connectivity index (χ4v) is 8.36. The molecule has 65 heavy (non-hydrogen) atoms. The summed E-state index contributed by atoms with van der Waals surface area (Å²) in [6.07, 6.45) is -17.9. The molecule has 9 atom stereocenters. The maximum Gasteiger partial charge on any atom is 0.339 e. The second kappa shape index (κ2) is 14.9. The second-order valence-electron chi connectivity index (χ2n) is 15.1. The number of aliphatic hydroxyl groups excluding tert-OH is 4. The summed E-state index contributed by atoms with van der Waals surface area (Å²) < 4.78 is 27.5. The van der Waals surface area contributed by atoms with Gasteiger partial charge in [0.1, 0.15) is 31.0 Å². The van der Waals surface area contributed by atoms with Crippen LogP contribution in [0.2, 0.25) is 0 Å². The van der Waals surface area contributed by atoms with Crippen LogP contribution < -0.4 is 0 Å². The summed E-state index contributed by atoms with van der Waals surface area (Å²) in [4.78, 5) is 56.9. The number of aliphatic hydroxyl groups is 5. The van der Waals surface area contributed by atoms with Gasteiger partial charge in [0.25, 0.3) is 0 Å². The number of rotatable bonds is 3. The highest BCUT2D eigenvalue weighted by atomic mass is 16.7. The van der Waals surface area contributed by atoms with Gasteiger partial charge in [0.15, 0.2) is 64.3 Å². The molecule has 8 rings (SSSR count). The zero-order chi connectivity index (χ0) is 47.6. The van der Waals surface area contributed by atoms with Crippen LogP contribution in [0, 0.1) is 0 Å². The molecule has 4 aromatic rings. The molecular formula is C39H32O26. The lowest BCUT2D eigenvalue weighted by Gasteiger charge is -2.44. The molecule has 0 saturated carbocycles. The Morgan fingerprint density at radius 2 is 0.923 bits per heavy atom. The highest BCUT2D eigenvalue weighted by Gasteiger charge is 2.62. The van der Waals surface area contributed by atoms with Crippen LogP contribution in [-0.2, 0) is 23.7 Å². The lowest BCUT2D eigenvalue weighted by molar-refractivity contribution is -0.251. The number of hydrogen-bond donors (Lipinski definition) is 17. The van der Waals surface area contributed by atoms with Gasteiger partial charge in [0, 0.05) is 27.8 Å². The monoisotopic (exact) mass is 916 g/mol. The number of carbonyl (C=O) groups excluding carboxylic acids is 4. The average Bonchev–Trinajstić information content (AvgIpc) is 3.49. The number of phenolic OH excluding ortho intramolecular Hbond substituents is 12. The van der Waals surface area contributed by atoms with Gasteiger partial charge in [-0.2, -0.15) is 0 Å². The molecule has 344 valence electrons. The van der Waals surface area contributed by atoms with Gasteiger partial charge in [-0.15, -0.1) is 0 Å². The summed E-state index contributed by atoms with van der Waals surface area (Å²) in [5.41, 5.74) is -9.97. The number of phenols is 12. The number of carbonyl (C=O) groups is 4. The van der Waals surface area contributed by atoms with Gasteiger partial charge in [0.05, 0.1) is 34.8 Å². The zero-order valence-electron chi connectivity index (χ0n) is 32.0. The Bertz CT molecular complexity index is 2780. The Balaban J connectivity index is 1.43. The molecule has 2 bridgehead atoms. The average molecular weight is 917 g/mol. The quantitative estimate of drug-likeness (QED) is 0.0613. The summed E-state index contributed by atoms with van der Waals surface area (Å²) in [5.74, 6) is -29.7. The predicted octanol–water partition coefficient (Wildman–Crippen LogP) is -1.79. The molecule has 1 fully saturated rings. The number of aromatic hydroxyl groups is 12. The van der Waals surface area contributed by atoms with Crippen LogP contribution in [0.5, 0.6) is 69.0 Å². The predicted molar refractivity (Wildman–Crippen MR) is 199 cm³/mol. The highest BCUT2D eigenvalue weighted by Crippen LogP contribution is 2.60. The van der Waals surface area contributed by atoms with Gasteiger partial charge in [-0.25, -0.2) is 19.2 Å². The lowest BCUT2D eigenvalue weighted by Crippen LogP contribution is -2.57. The molecule has 26 heteroatoms. The smallest absolute Gasteiger partial charge is 0.339 e. The number of ether oxygens (including phenoxy) is 5. The molecule has 4 aromatic carbocycles. The first-order valence-corrected chi connectivity index (χ1v) is 18.5. The van der Waals surface area contributed by atoms with Gasteiger partial charge in [-0.3, -0.25) is 0 Å². The number of hydrogen-bond acceptors (Lipinski definition) is 26. The van der Waals surface area contributed by atoms with E-state index in [4.69, 9.17) is 23.7 Å². The molecule has 0 aliphatic carbocycles. The molecular weight excluding hydrogens is 884 g/mol. The van der Waals surface area contributed by atoms with Gasteiger partial charge >= 0.3 is 23.9 Å².